The van der Waals surface area contributed by atoms with E-state index in [0.29, 0.717) is 10.0 Å². The van der Waals surface area contributed by atoms with E-state index in [2.05, 4.69) is 15.9 Å². The fraction of sp³-hybridized carbons (Fsp3) is 0.417. The summed E-state index contributed by atoms with van der Waals surface area (Å²) in [5.74, 6) is -0.867. The first kappa shape index (κ1) is 14.1. The van der Waals surface area contributed by atoms with Crippen molar-refractivity contribution < 1.29 is 13.9 Å². The number of ether oxygens (including phenoxy) is 1. The molecule has 0 aliphatic rings. The summed E-state index contributed by atoms with van der Waals surface area (Å²) in [4.78, 5) is 11.4. The Morgan fingerprint density at radius 2 is 2.24 bits per heavy atom. The van der Waals surface area contributed by atoms with Crippen molar-refractivity contribution >= 4 is 21.9 Å². The van der Waals surface area contributed by atoms with Crippen molar-refractivity contribution in [3.8, 4) is 0 Å². The van der Waals surface area contributed by atoms with Crippen molar-refractivity contribution in [2.75, 3.05) is 6.61 Å². The van der Waals surface area contributed by atoms with Gasteiger partial charge >= 0.3 is 5.97 Å². The van der Waals surface area contributed by atoms with Crippen molar-refractivity contribution in [1.29, 1.82) is 0 Å². The fourth-order valence-corrected chi connectivity index (χ4v) is 1.89. The Hall–Kier alpha value is -0.940. The molecule has 0 aromatic heterocycles. The Morgan fingerprint density at radius 3 is 2.76 bits per heavy atom. The van der Waals surface area contributed by atoms with E-state index in [0.717, 1.165) is 0 Å². The Bertz CT molecular complexity index is 421. The minimum atomic E-state index is -1.07. The second-order valence-electron chi connectivity index (χ2n) is 4.02. The largest absolute Gasteiger partial charge is 0.466 e. The molecule has 1 atom stereocenters. The molecule has 1 aromatic rings. The van der Waals surface area contributed by atoms with Crippen LogP contribution in [0, 0.1) is 5.82 Å². The van der Waals surface area contributed by atoms with Gasteiger partial charge in [0, 0.05) is 10.0 Å². The molecule has 0 saturated heterocycles. The maximum absolute atomic E-state index is 13.7. The predicted molar refractivity (Wildman–Crippen MR) is 66.9 cm³/mol. The third-order valence-corrected chi connectivity index (χ3v) is 2.86. The average Bonchev–Trinajstić information content (AvgIpc) is 2.15. The lowest BCUT2D eigenvalue weighted by atomic mass is 9.89. The number of halogens is 2. The highest BCUT2D eigenvalue weighted by Crippen LogP contribution is 2.27. The Kier molecular flexibility index (Phi) is 4.65. The minimum absolute atomic E-state index is 0.0562. The maximum atomic E-state index is 13.7. The highest BCUT2D eigenvalue weighted by molar-refractivity contribution is 9.10. The van der Waals surface area contributed by atoms with Crippen LogP contribution in [0.1, 0.15) is 25.8 Å². The van der Waals surface area contributed by atoms with Gasteiger partial charge in [-0.1, -0.05) is 22.0 Å². The lowest BCUT2D eigenvalue weighted by Gasteiger charge is -2.24. The van der Waals surface area contributed by atoms with E-state index < -0.39 is 17.3 Å². The van der Waals surface area contributed by atoms with Crippen LogP contribution in [0.15, 0.2) is 22.7 Å². The van der Waals surface area contributed by atoms with Gasteiger partial charge in [-0.2, -0.15) is 0 Å². The molecule has 0 heterocycles. The van der Waals surface area contributed by atoms with Gasteiger partial charge in [0.05, 0.1) is 18.6 Å². The summed E-state index contributed by atoms with van der Waals surface area (Å²) in [6, 6.07) is 4.58. The number of nitrogens with two attached hydrogens (primary N) is 1. The molecule has 94 valence electrons. The zero-order chi connectivity index (χ0) is 13.1. The number of carbonyl (C=O) groups is 1. The van der Waals surface area contributed by atoms with E-state index in [9.17, 15) is 9.18 Å². The summed E-state index contributed by atoms with van der Waals surface area (Å²) >= 11 is 3.17. The van der Waals surface area contributed by atoms with Gasteiger partial charge in [0.2, 0.25) is 0 Å². The van der Waals surface area contributed by atoms with Crippen LogP contribution in [0.2, 0.25) is 0 Å². The molecule has 0 bridgehead atoms. The molecule has 0 fully saturated rings. The Labute approximate surface area is 108 Å². The van der Waals surface area contributed by atoms with Crippen LogP contribution in [0.5, 0.6) is 0 Å². The van der Waals surface area contributed by atoms with E-state index in [1.165, 1.54) is 6.07 Å². The number of benzene rings is 1. The Morgan fingerprint density at radius 1 is 1.59 bits per heavy atom. The van der Waals surface area contributed by atoms with Crippen LogP contribution in [0.3, 0.4) is 0 Å². The quantitative estimate of drug-likeness (QED) is 0.870. The molecular formula is C12H15BrFNO2. The molecule has 0 aliphatic carbocycles. The standard InChI is InChI=1S/C12H15BrFNO2/c1-3-17-11(16)7-12(2,15)9-5-4-8(13)6-10(9)14/h4-6H,3,7,15H2,1-2H3. The van der Waals surface area contributed by atoms with Crippen LogP contribution >= 0.6 is 15.9 Å². The highest BCUT2D eigenvalue weighted by atomic mass is 79.9. The predicted octanol–water partition coefficient (Wildman–Crippen LogP) is 2.72. The molecule has 0 spiro atoms. The number of hydrogen-bond acceptors (Lipinski definition) is 3. The molecule has 17 heavy (non-hydrogen) atoms. The van der Waals surface area contributed by atoms with E-state index >= 15 is 0 Å². The van der Waals surface area contributed by atoms with Gasteiger partial charge in [0.1, 0.15) is 5.82 Å². The van der Waals surface area contributed by atoms with Gasteiger partial charge in [-0.15, -0.1) is 0 Å². The lowest BCUT2D eigenvalue weighted by molar-refractivity contribution is -0.144. The van der Waals surface area contributed by atoms with Crippen LogP contribution in [-0.2, 0) is 15.1 Å². The Balaban J connectivity index is 2.92. The van der Waals surface area contributed by atoms with E-state index in [-0.39, 0.29) is 13.0 Å². The van der Waals surface area contributed by atoms with Gasteiger partial charge in [-0.05, 0) is 26.0 Å². The summed E-state index contributed by atoms with van der Waals surface area (Å²) in [6.45, 7) is 3.61. The first-order valence-electron chi connectivity index (χ1n) is 5.27. The van der Waals surface area contributed by atoms with Crippen molar-refractivity contribution in [1.82, 2.24) is 0 Å². The molecule has 0 amide bonds. The van der Waals surface area contributed by atoms with Crippen molar-refractivity contribution in [3.05, 3.63) is 34.1 Å². The second-order valence-corrected chi connectivity index (χ2v) is 4.94. The molecular weight excluding hydrogens is 289 g/mol. The van der Waals surface area contributed by atoms with E-state index in [1.807, 2.05) is 0 Å². The minimum Gasteiger partial charge on any atom is -0.466 e. The fourth-order valence-electron chi connectivity index (χ4n) is 1.56. The molecule has 3 nitrogen and oxygen atoms in total. The summed E-state index contributed by atoms with van der Waals surface area (Å²) in [7, 11) is 0. The van der Waals surface area contributed by atoms with Crippen LogP contribution in [0.25, 0.3) is 0 Å². The van der Waals surface area contributed by atoms with Crippen LogP contribution in [-0.4, -0.2) is 12.6 Å². The van der Waals surface area contributed by atoms with Gasteiger partial charge in [0.25, 0.3) is 0 Å². The molecule has 0 aliphatic heterocycles. The van der Waals surface area contributed by atoms with Gasteiger partial charge in [-0.3, -0.25) is 4.79 Å². The van der Waals surface area contributed by atoms with Crippen LogP contribution in [0.4, 0.5) is 4.39 Å². The third kappa shape index (κ3) is 3.78. The number of carbonyl (C=O) groups excluding carboxylic acids is 1. The first-order valence-corrected chi connectivity index (χ1v) is 6.06. The number of esters is 1. The van der Waals surface area contributed by atoms with Gasteiger partial charge in [-0.25, -0.2) is 4.39 Å². The molecule has 0 saturated carbocycles. The number of hydrogen-bond donors (Lipinski definition) is 1. The smallest absolute Gasteiger partial charge is 0.307 e. The number of rotatable bonds is 4. The topological polar surface area (TPSA) is 52.3 Å². The molecule has 1 rings (SSSR count). The zero-order valence-electron chi connectivity index (χ0n) is 9.80. The normalized spacial score (nSPS) is 14.2. The summed E-state index contributed by atoms with van der Waals surface area (Å²) in [5, 5.41) is 0. The monoisotopic (exact) mass is 303 g/mol. The molecule has 5 heteroatoms. The van der Waals surface area contributed by atoms with Crippen molar-refractivity contribution in [2.45, 2.75) is 25.8 Å². The van der Waals surface area contributed by atoms with E-state index in [1.54, 1.807) is 26.0 Å². The SMILES string of the molecule is CCOC(=O)CC(C)(N)c1ccc(Br)cc1F. The third-order valence-electron chi connectivity index (χ3n) is 2.36. The highest BCUT2D eigenvalue weighted by Gasteiger charge is 2.28. The summed E-state index contributed by atoms with van der Waals surface area (Å²) in [5.41, 5.74) is 5.19. The zero-order valence-corrected chi connectivity index (χ0v) is 11.4. The van der Waals surface area contributed by atoms with Crippen molar-refractivity contribution in [2.24, 2.45) is 5.73 Å². The van der Waals surface area contributed by atoms with Crippen molar-refractivity contribution in [3.63, 3.8) is 0 Å². The van der Waals surface area contributed by atoms with E-state index in [4.69, 9.17) is 10.5 Å². The second kappa shape index (κ2) is 5.60. The van der Waals surface area contributed by atoms with Gasteiger partial charge in [0.15, 0.2) is 0 Å². The maximum Gasteiger partial charge on any atom is 0.307 e. The average molecular weight is 304 g/mol. The molecule has 2 N–H and O–H groups in total. The first-order chi connectivity index (χ1) is 7.86. The van der Waals surface area contributed by atoms with Gasteiger partial charge < -0.3 is 10.5 Å². The molecule has 0 radical (unpaired) electrons. The van der Waals surface area contributed by atoms with Crippen LogP contribution < -0.4 is 5.73 Å². The lowest BCUT2D eigenvalue weighted by Crippen LogP contribution is -2.37. The molecule has 1 unspecified atom stereocenters. The summed E-state index contributed by atoms with van der Waals surface area (Å²) in [6.07, 6.45) is -0.0562. The molecule has 1 aromatic carbocycles. The summed E-state index contributed by atoms with van der Waals surface area (Å²) < 4.78 is 19.2.